The third kappa shape index (κ3) is 3.85. The number of aromatic nitrogens is 2. The van der Waals surface area contributed by atoms with Crippen LogP contribution >= 0.6 is 0 Å². The normalized spacial score (nSPS) is 18.3. The molecular weight excluding hydrogens is 276 g/mol. The second-order valence-corrected chi connectivity index (χ2v) is 5.46. The summed E-state index contributed by atoms with van der Waals surface area (Å²) < 4.78 is 31.4. The number of nitrogens with one attached hydrogen (secondary N) is 1. The minimum atomic E-state index is -0.595. The van der Waals surface area contributed by atoms with Crippen molar-refractivity contribution in [3.63, 3.8) is 0 Å². The van der Waals surface area contributed by atoms with Crippen LogP contribution in [0.25, 0.3) is 0 Å². The zero-order valence-corrected chi connectivity index (χ0v) is 11.6. The van der Waals surface area contributed by atoms with Crippen molar-refractivity contribution in [3.05, 3.63) is 47.1 Å². The molecule has 1 unspecified atom stereocenters. The van der Waals surface area contributed by atoms with Crippen LogP contribution in [0.3, 0.4) is 0 Å². The number of nitrogens with zero attached hydrogens (tertiary/aromatic N) is 2. The Morgan fingerprint density at radius 3 is 2.76 bits per heavy atom. The Bertz CT molecular complexity index is 588. The SMILES string of the molecule is Fc1cc(F)cc(Cc2noc(CCC3CCNC3)n2)c1. The maximum Gasteiger partial charge on any atom is 0.226 e. The summed E-state index contributed by atoms with van der Waals surface area (Å²) in [6.07, 6.45) is 3.22. The second kappa shape index (κ2) is 6.30. The lowest BCUT2D eigenvalue weighted by atomic mass is 10.0. The van der Waals surface area contributed by atoms with E-state index in [1.165, 1.54) is 18.6 Å². The standard InChI is InChI=1S/C15H17F2N3O/c16-12-5-11(6-13(17)8-12)7-14-19-15(21-20-14)2-1-10-3-4-18-9-10/h5-6,8,10,18H,1-4,7,9H2. The molecule has 0 aliphatic carbocycles. The zero-order valence-electron chi connectivity index (χ0n) is 11.6. The summed E-state index contributed by atoms with van der Waals surface area (Å²) in [5.74, 6) is 0.524. The largest absolute Gasteiger partial charge is 0.339 e. The van der Waals surface area contributed by atoms with Gasteiger partial charge in [0.25, 0.3) is 0 Å². The molecule has 112 valence electrons. The molecule has 1 aliphatic rings. The van der Waals surface area contributed by atoms with Gasteiger partial charge in [-0.15, -0.1) is 0 Å². The number of aryl methyl sites for hydroxylation is 1. The predicted octanol–water partition coefficient (Wildman–Crippen LogP) is 2.48. The fourth-order valence-electron chi connectivity index (χ4n) is 2.65. The van der Waals surface area contributed by atoms with Gasteiger partial charge >= 0.3 is 0 Å². The summed E-state index contributed by atoms with van der Waals surface area (Å²) in [6, 6.07) is 3.41. The highest BCUT2D eigenvalue weighted by atomic mass is 19.1. The summed E-state index contributed by atoms with van der Waals surface area (Å²) in [7, 11) is 0. The number of halogens is 2. The molecule has 1 saturated heterocycles. The summed E-state index contributed by atoms with van der Waals surface area (Å²) in [4.78, 5) is 4.28. The highest BCUT2D eigenvalue weighted by molar-refractivity contribution is 5.21. The van der Waals surface area contributed by atoms with Gasteiger partial charge in [0.1, 0.15) is 11.6 Å². The Labute approximate surface area is 121 Å². The molecule has 0 radical (unpaired) electrons. The van der Waals surface area contributed by atoms with Crippen molar-refractivity contribution in [1.82, 2.24) is 15.5 Å². The van der Waals surface area contributed by atoms with E-state index < -0.39 is 11.6 Å². The summed E-state index contributed by atoms with van der Waals surface area (Å²) in [6.45, 7) is 2.12. The fourth-order valence-corrected chi connectivity index (χ4v) is 2.65. The Morgan fingerprint density at radius 1 is 1.24 bits per heavy atom. The Morgan fingerprint density at radius 2 is 2.05 bits per heavy atom. The minimum absolute atomic E-state index is 0.267. The van der Waals surface area contributed by atoms with E-state index in [-0.39, 0.29) is 6.42 Å². The molecule has 1 aromatic heterocycles. The molecule has 6 heteroatoms. The molecule has 1 aromatic carbocycles. The third-order valence-electron chi connectivity index (χ3n) is 3.72. The van der Waals surface area contributed by atoms with Crippen LogP contribution in [0, 0.1) is 17.6 Å². The molecule has 0 saturated carbocycles. The molecule has 0 amide bonds. The molecule has 21 heavy (non-hydrogen) atoms. The molecule has 1 fully saturated rings. The summed E-state index contributed by atoms with van der Waals surface area (Å²) in [5, 5.41) is 7.19. The van der Waals surface area contributed by atoms with Gasteiger partial charge in [0.05, 0.1) is 0 Å². The van der Waals surface area contributed by atoms with E-state index in [1.807, 2.05) is 0 Å². The van der Waals surface area contributed by atoms with Crippen molar-refractivity contribution < 1.29 is 13.3 Å². The first-order valence-electron chi connectivity index (χ1n) is 7.16. The Kier molecular flexibility index (Phi) is 4.24. The van der Waals surface area contributed by atoms with Gasteiger partial charge in [-0.3, -0.25) is 0 Å². The number of hydrogen-bond donors (Lipinski definition) is 1. The maximum atomic E-state index is 13.1. The quantitative estimate of drug-likeness (QED) is 0.920. The molecule has 2 heterocycles. The second-order valence-electron chi connectivity index (χ2n) is 5.46. The van der Waals surface area contributed by atoms with Crippen LogP contribution in [0.5, 0.6) is 0 Å². The van der Waals surface area contributed by atoms with E-state index in [0.29, 0.717) is 23.2 Å². The third-order valence-corrected chi connectivity index (χ3v) is 3.72. The van der Waals surface area contributed by atoms with Crippen molar-refractivity contribution in [2.24, 2.45) is 5.92 Å². The van der Waals surface area contributed by atoms with Crippen LogP contribution in [0.1, 0.15) is 30.1 Å². The first kappa shape index (κ1) is 14.1. The van der Waals surface area contributed by atoms with Crippen molar-refractivity contribution in [1.29, 1.82) is 0 Å². The first-order valence-corrected chi connectivity index (χ1v) is 7.16. The molecule has 1 aliphatic heterocycles. The lowest BCUT2D eigenvalue weighted by molar-refractivity contribution is 0.361. The van der Waals surface area contributed by atoms with Gasteiger partial charge in [0.2, 0.25) is 5.89 Å². The van der Waals surface area contributed by atoms with E-state index >= 15 is 0 Å². The lowest BCUT2D eigenvalue weighted by Gasteiger charge is -2.03. The smallest absolute Gasteiger partial charge is 0.226 e. The number of benzene rings is 1. The molecule has 1 N–H and O–H groups in total. The fraction of sp³-hybridized carbons (Fsp3) is 0.467. The molecule has 1 atom stereocenters. The lowest BCUT2D eigenvalue weighted by Crippen LogP contribution is -2.09. The van der Waals surface area contributed by atoms with E-state index in [9.17, 15) is 8.78 Å². The summed E-state index contributed by atoms with van der Waals surface area (Å²) >= 11 is 0. The van der Waals surface area contributed by atoms with E-state index in [0.717, 1.165) is 32.0 Å². The van der Waals surface area contributed by atoms with Gasteiger partial charge < -0.3 is 9.84 Å². The minimum Gasteiger partial charge on any atom is -0.339 e. The van der Waals surface area contributed by atoms with Crippen LogP contribution in [-0.2, 0) is 12.8 Å². The average Bonchev–Trinajstić information content (AvgIpc) is 3.06. The number of rotatable bonds is 5. The highest BCUT2D eigenvalue weighted by Crippen LogP contribution is 2.16. The molecule has 4 nitrogen and oxygen atoms in total. The van der Waals surface area contributed by atoms with Gasteiger partial charge in [-0.05, 0) is 49.5 Å². The van der Waals surface area contributed by atoms with Crippen molar-refractivity contribution in [3.8, 4) is 0 Å². The van der Waals surface area contributed by atoms with Gasteiger partial charge in [0.15, 0.2) is 5.82 Å². The first-order chi connectivity index (χ1) is 10.2. The molecule has 2 aromatic rings. The van der Waals surface area contributed by atoms with E-state index in [2.05, 4.69) is 15.5 Å². The monoisotopic (exact) mass is 293 g/mol. The van der Waals surface area contributed by atoms with Crippen molar-refractivity contribution >= 4 is 0 Å². The Balaban J connectivity index is 1.59. The van der Waals surface area contributed by atoms with Crippen molar-refractivity contribution in [2.45, 2.75) is 25.7 Å². The van der Waals surface area contributed by atoms with E-state index in [4.69, 9.17) is 4.52 Å². The van der Waals surface area contributed by atoms with Crippen LogP contribution < -0.4 is 5.32 Å². The van der Waals surface area contributed by atoms with Crippen molar-refractivity contribution in [2.75, 3.05) is 13.1 Å². The van der Waals surface area contributed by atoms with Crippen LogP contribution in [-0.4, -0.2) is 23.2 Å². The predicted molar refractivity (Wildman–Crippen MR) is 72.8 cm³/mol. The van der Waals surface area contributed by atoms with Gasteiger partial charge in [0, 0.05) is 18.9 Å². The van der Waals surface area contributed by atoms with Crippen LogP contribution in [0.4, 0.5) is 8.78 Å². The van der Waals surface area contributed by atoms with E-state index in [1.54, 1.807) is 0 Å². The summed E-state index contributed by atoms with van der Waals surface area (Å²) in [5.41, 5.74) is 0.500. The Hall–Kier alpha value is -1.82. The maximum absolute atomic E-state index is 13.1. The molecule has 0 bridgehead atoms. The molecule has 3 rings (SSSR count). The molecule has 0 spiro atoms. The average molecular weight is 293 g/mol. The number of hydrogen-bond acceptors (Lipinski definition) is 4. The van der Waals surface area contributed by atoms with Crippen LogP contribution in [0.2, 0.25) is 0 Å². The van der Waals surface area contributed by atoms with Gasteiger partial charge in [-0.1, -0.05) is 5.16 Å². The van der Waals surface area contributed by atoms with Gasteiger partial charge in [-0.2, -0.15) is 4.98 Å². The topological polar surface area (TPSA) is 51.0 Å². The zero-order chi connectivity index (χ0) is 14.7. The van der Waals surface area contributed by atoms with Crippen LogP contribution in [0.15, 0.2) is 22.7 Å². The molecular formula is C15H17F2N3O. The highest BCUT2D eigenvalue weighted by Gasteiger charge is 2.16. The van der Waals surface area contributed by atoms with Gasteiger partial charge in [-0.25, -0.2) is 8.78 Å².